The Morgan fingerprint density at radius 1 is 1.38 bits per heavy atom. The summed E-state index contributed by atoms with van der Waals surface area (Å²) in [5.74, 6) is 0. The lowest BCUT2D eigenvalue weighted by atomic mass is 10.2. The Hall–Kier alpha value is -1.21. The molecule has 1 aromatic rings. The molecule has 8 nitrogen and oxygen atoms in total. The van der Waals surface area contributed by atoms with Gasteiger partial charge in [0.15, 0.2) is 0 Å². The van der Waals surface area contributed by atoms with Crippen molar-refractivity contribution < 1.29 is 26.3 Å². The van der Waals surface area contributed by atoms with E-state index in [0.29, 0.717) is 32.7 Å². The Morgan fingerprint density at radius 2 is 2.12 bits per heavy atom. The minimum atomic E-state index is -4.52. The number of aromatic nitrogens is 2. The molecule has 0 radical (unpaired) electrons. The SMILES string of the molecule is O=S(=O)(NCC(N1CCNCC1)C(F)(F)F)c1cnn(C2CCOC2)c1. The predicted molar refractivity (Wildman–Crippen MR) is 86.2 cm³/mol. The van der Waals surface area contributed by atoms with Crippen molar-refractivity contribution in [2.75, 3.05) is 45.9 Å². The van der Waals surface area contributed by atoms with Crippen LogP contribution in [0.25, 0.3) is 0 Å². The predicted octanol–water partition coefficient (Wildman–Crippen LogP) is -0.0411. The molecule has 1 aromatic heterocycles. The monoisotopic (exact) mass is 397 g/mol. The lowest BCUT2D eigenvalue weighted by Crippen LogP contribution is -2.57. The van der Waals surface area contributed by atoms with Gasteiger partial charge in [0.05, 0.1) is 18.8 Å². The molecule has 0 aliphatic carbocycles. The molecule has 0 spiro atoms. The molecule has 3 rings (SSSR count). The van der Waals surface area contributed by atoms with Crippen LogP contribution < -0.4 is 10.0 Å². The van der Waals surface area contributed by atoms with E-state index >= 15 is 0 Å². The van der Waals surface area contributed by atoms with Crippen LogP contribution >= 0.6 is 0 Å². The molecule has 2 saturated heterocycles. The molecule has 12 heteroatoms. The standard InChI is InChI=1S/C14H22F3N5O3S/c15-14(16,17)13(21-4-2-18-3-5-21)8-20-26(23,24)12-7-19-22(9-12)11-1-6-25-10-11/h7,9,11,13,18,20H,1-6,8,10H2. The summed E-state index contributed by atoms with van der Waals surface area (Å²) in [7, 11) is -4.08. The van der Waals surface area contributed by atoms with Gasteiger partial charge in [-0.3, -0.25) is 9.58 Å². The lowest BCUT2D eigenvalue weighted by molar-refractivity contribution is -0.182. The van der Waals surface area contributed by atoms with Gasteiger partial charge >= 0.3 is 6.18 Å². The maximum atomic E-state index is 13.4. The second-order valence-electron chi connectivity index (χ2n) is 6.37. The largest absolute Gasteiger partial charge is 0.405 e. The van der Waals surface area contributed by atoms with Crippen LogP contribution in [0.5, 0.6) is 0 Å². The van der Waals surface area contributed by atoms with E-state index in [9.17, 15) is 21.6 Å². The topological polar surface area (TPSA) is 88.5 Å². The van der Waals surface area contributed by atoms with Gasteiger partial charge in [0.1, 0.15) is 10.9 Å². The Bertz CT molecular complexity index is 697. The zero-order chi connectivity index (χ0) is 18.8. The molecule has 0 aromatic carbocycles. The first-order chi connectivity index (χ1) is 12.3. The molecule has 2 aliphatic heterocycles. The number of rotatable bonds is 6. The first-order valence-electron chi connectivity index (χ1n) is 8.40. The van der Waals surface area contributed by atoms with Crippen molar-refractivity contribution in [3.8, 4) is 0 Å². The van der Waals surface area contributed by atoms with Gasteiger partial charge in [0, 0.05) is 45.5 Å². The molecule has 2 atom stereocenters. The van der Waals surface area contributed by atoms with E-state index in [0.717, 1.165) is 6.20 Å². The van der Waals surface area contributed by atoms with Gasteiger partial charge in [-0.1, -0.05) is 0 Å². The van der Waals surface area contributed by atoms with E-state index < -0.39 is 28.8 Å². The fourth-order valence-electron chi connectivity index (χ4n) is 3.11. The quantitative estimate of drug-likeness (QED) is 0.700. The van der Waals surface area contributed by atoms with Crippen molar-refractivity contribution in [3.05, 3.63) is 12.4 Å². The van der Waals surface area contributed by atoms with E-state index in [4.69, 9.17) is 4.74 Å². The molecule has 0 bridgehead atoms. The van der Waals surface area contributed by atoms with Crippen LogP contribution in [-0.4, -0.2) is 81.3 Å². The third-order valence-corrected chi connectivity index (χ3v) is 5.98. The van der Waals surface area contributed by atoms with Gasteiger partial charge in [-0.15, -0.1) is 0 Å². The van der Waals surface area contributed by atoms with Gasteiger partial charge in [0.2, 0.25) is 10.0 Å². The fraction of sp³-hybridized carbons (Fsp3) is 0.786. The second kappa shape index (κ2) is 7.80. The summed E-state index contributed by atoms with van der Waals surface area (Å²) in [5.41, 5.74) is 0. The van der Waals surface area contributed by atoms with Crippen molar-refractivity contribution in [2.45, 2.75) is 29.6 Å². The molecule has 0 saturated carbocycles. The third-order valence-electron chi connectivity index (χ3n) is 4.60. The number of nitrogens with zero attached hydrogens (tertiary/aromatic N) is 3. The Balaban J connectivity index is 1.67. The lowest BCUT2D eigenvalue weighted by Gasteiger charge is -2.35. The van der Waals surface area contributed by atoms with Crippen LogP contribution in [0.2, 0.25) is 0 Å². The third kappa shape index (κ3) is 4.55. The van der Waals surface area contributed by atoms with Gasteiger partial charge in [-0.05, 0) is 6.42 Å². The average Bonchev–Trinajstić information content (AvgIpc) is 3.26. The second-order valence-corrected chi connectivity index (χ2v) is 8.14. The highest BCUT2D eigenvalue weighted by molar-refractivity contribution is 7.89. The van der Waals surface area contributed by atoms with Crippen LogP contribution in [-0.2, 0) is 14.8 Å². The van der Waals surface area contributed by atoms with Crippen LogP contribution in [0.1, 0.15) is 12.5 Å². The molecule has 26 heavy (non-hydrogen) atoms. The smallest absolute Gasteiger partial charge is 0.379 e. The van der Waals surface area contributed by atoms with E-state index in [1.54, 1.807) is 0 Å². The zero-order valence-corrected chi connectivity index (χ0v) is 14.9. The van der Waals surface area contributed by atoms with Crippen LogP contribution in [0.3, 0.4) is 0 Å². The van der Waals surface area contributed by atoms with Gasteiger partial charge in [0.25, 0.3) is 0 Å². The van der Waals surface area contributed by atoms with E-state index in [-0.39, 0.29) is 24.0 Å². The molecule has 2 fully saturated rings. The average molecular weight is 397 g/mol. The van der Waals surface area contributed by atoms with Crippen LogP contribution in [0, 0.1) is 0 Å². The Morgan fingerprint density at radius 3 is 2.73 bits per heavy atom. The van der Waals surface area contributed by atoms with E-state index in [1.165, 1.54) is 15.8 Å². The van der Waals surface area contributed by atoms with Crippen molar-refractivity contribution in [3.63, 3.8) is 0 Å². The number of hydrogen-bond acceptors (Lipinski definition) is 6. The summed E-state index contributed by atoms with van der Waals surface area (Å²) < 4.78 is 73.7. The number of nitrogens with one attached hydrogen (secondary N) is 2. The summed E-state index contributed by atoms with van der Waals surface area (Å²) in [6, 6.07) is -1.92. The minimum Gasteiger partial charge on any atom is -0.379 e. The molecule has 2 N–H and O–H groups in total. The van der Waals surface area contributed by atoms with E-state index in [1.807, 2.05) is 0 Å². The van der Waals surface area contributed by atoms with Gasteiger partial charge in [-0.25, -0.2) is 13.1 Å². The number of hydrogen-bond donors (Lipinski definition) is 2. The number of sulfonamides is 1. The number of halogens is 3. The maximum absolute atomic E-state index is 13.4. The summed E-state index contributed by atoms with van der Waals surface area (Å²) in [5, 5.41) is 6.99. The molecular weight excluding hydrogens is 375 g/mol. The number of ether oxygens (including phenoxy) is 1. The first-order valence-corrected chi connectivity index (χ1v) is 9.89. The van der Waals surface area contributed by atoms with Crippen molar-refractivity contribution in [2.24, 2.45) is 0 Å². The normalized spacial score (nSPS) is 24.0. The summed E-state index contributed by atoms with van der Waals surface area (Å²) in [4.78, 5) is 1.10. The number of piperazine rings is 1. The Kier molecular flexibility index (Phi) is 5.87. The molecule has 2 unspecified atom stereocenters. The van der Waals surface area contributed by atoms with Crippen molar-refractivity contribution in [1.29, 1.82) is 0 Å². The zero-order valence-electron chi connectivity index (χ0n) is 14.1. The summed E-state index contributed by atoms with van der Waals surface area (Å²) >= 11 is 0. The van der Waals surface area contributed by atoms with Crippen molar-refractivity contribution in [1.82, 2.24) is 24.7 Å². The Labute approximate surface area is 149 Å². The highest BCUT2D eigenvalue weighted by Crippen LogP contribution is 2.25. The molecular formula is C14H22F3N5O3S. The minimum absolute atomic E-state index is 0.0530. The summed E-state index contributed by atoms with van der Waals surface area (Å²) in [6.45, 7) is 1.59. The number of alkyl halides is 3. The molecule has 3 heterocycles. The first kappa shape index (κ1) is 19.5. The van der Waals surface area contributed by atoms with Crippen molar-refractivity contribution >= 4 is 10.0 Å². The van der Waals surface area contributed by atoms with Gasteiger partial charge < -0.3 is 10.1 Å². The highest BCUT2D eigenvalue weighted by Gasteiger charge is 2.44. The van der Waals surface area contributed by atoms with Gasteiger partial charge in [-0.2, -0.15) is 18.3 Å². The maximum Gasteiger partial charge on any atom is 0.405 e. The fourth-order valence-corrected chi connectivity index (χ4v) is 4.08. The summed E-state index contributed by atoms with van der Waals surface area (Å²) in [6.07, 6.45) is -1.33. The van der Waals surface area contributed by atoms with Crippen LogP contribution in [0.15, 0.2) is 17.3 Å². The molecule has 0 amide bonds. The molecule has 2 aliphatic rings. The highest BCUT2D eigenvalue weighted by atomic mass is 32.2. The van der Waals surface area contributed by atoms with Crippen LogP contribution in [0.4, 0.5) is 13.2 Å². The van der Waals surface area contributed by atoms with E-state index in [2.05, 4.69) is 15.1 Å². The molecule has 148 valence electrons.